The van der Waals surface area contributed by atoms with Crippen LogP contribution in [0, 0.1) is 5.41 Å². The number of hydrogen-bond acceptors (Lipinski definition) is 2. The van der Waals surface area contributed by atoms with Crippen LogP contribution in [0.15, 0.2) is 30.3 Å². The highest BCUT2D eigenvalue weighted by atomic mass is 16.4. The maximum atomic E-state index is 10.5. The Morgan fingerprint density at radius 3 is 2.21 bits per heavy atom. The summed E-state index contributed by atoms with van der Waals surface area (Å²) in [5.74, 6) is -0.928. The number of hydrogen-bond donors (Lipinski definition) is 1. The van der Waals surface area contributed by atoms with E-state index in [4.69, 9.17) is 5.11 Å². The first-order chi connectivity index (χ1) is 8.71. The van der Waals surface area contributed by atoms with Gasteiger partial charge in [-0.25, -0.2) is 4.79 Å². The maximum absolute atomic E-state index is 10.5. The van der Waals surface area contributed by atoms with Crippen LogP contribution in [0.3, 0.4) is 0 Å². The van der Waals surface area contributed by atoms with E-state index in [1.807, 2.05) is 24.3 Å². The van der Waals surface area contributed by atoms with E-state index < -0.39 is 5.97 Å². The van der Waals surface area contributed by atoms with Gasteiger partial charge in [0.2, 0.25) is 0 Å². The average molecular weight is 261 g/mol. The van der Waals surface area contributed by atoms with Crippen LogP contribution in [-0.2, 0) is 4.79 Å². The number of benzene rings is 1. The van der Waals surface area contributed by atoms with E-state index in [0.29, 0.717) is 6.04 Å². The van der Waals surface area contributed by atoms with Gasteiger partial charge >= 0.3 is 5.97 Å². The van der Waals surface area contributed by atoms with Crippen LogP contribution in [0.1, 0.15) is 33.3 Å². The minimum Gasteiger partial charge on any atom is -0.478 e. The molecule has 0 fully saturated rings. The number of anilines is 1. The third-order valence-corrected chi connectivity index (χ3v) is 3.55. The van der Waals surface area contributed by atoms with Crippen molar-refractivity contribution in [3.63, 3.8) is 0 Å². The summed E-state index contributed by atoms with van der Waals surface area (Å²) in [6.45, 7) is 8.87. The lowest BCUT2D eigenvalue weighted by molar-refractivity contribution is -0.131. The molecular weight excluding hydrogens is 238 g/mol. The molecule has 104 valence electrons. The molecule has 19 heavy (non-hydrogen) atoms. The van der Waals surface area contributed by atoms with Crippen LogP contribution in [0.4, 0.5) is 5.69 Å². The highest BCUT2D eigenvalue weighted by Crippen LogP contribution is 2.27. The molecule has 1 unspecified atom stereocenters. The Balaban J connectivity index is 2.84. The summed E-state index contributed by atoms with van der Waals surface area (Å²) in [6.07, 6.45) is 2.75. The van der Waals surface area contributed by atoms with Gasteiger partial charge in [0.15, 0.2) is 0 Å². The summed E-state index contributed by atoms with van der Waals surface area (Å²) >= 11 is 0. The molecule has 0 spiro atoms. The average Bonchev–Trinajstić information content (AvgIpc) is 2.34. The fraction of sp³-hybridized carbons (Fsp3) is 0.438. The number of nitrogens with zero attached hydrogens (tertiary/aromatic N) is 1. The normalized spacial score (nSPS) is 13.5. The Kier molecular flexibility index (Phi) is 4.76. The molecule has 0 aliphatic rings. The van der Waals surface area contributed by atoms with Crippen molar-refractivity contribution in [1.82, 2.24) is 0 Å². The molecule has 0 saturated carbocycles. The van der Waals surface area contributed by atoms with Gasteiger partial charge in [0.1, 0.15) is 0 Å². The smallest absolute Gasteiger partial charge is 0.328 e. The van der Waals surface area contributed by atoms with E-state index in [9.17, 15) is 4.79 Å². The second-order valence-electron chi connectivity index (χ2n) is 5.92. The third-order valence-electron chi connectivity index (χ3n) is 3.55. The van der Waals surface area contributed by atoms with Gasteiger partial charge < -0.3 is 10.0 Å². The molecule has 0 amide bonds. The highest BCUT2D eigenvalue weighted by Gasteiger charge is 2.23. The van der Waals surface area contributed by atoms with Crippen molar-refractivity contribution in [2.24, 2.45) is 5.41 Å². The molecule has 3 heteroatoms. The zero-order valence-corrected chi connectivity index (χ0v) is 12.3. The van der Waals surface area contributed by atoms with Gasteiger partial charge in [-0.1, -0.05) is 32.9 Å². The Labute approximate surface area is 115 Å². The van der Waals surface area contributed by atoms with Gasteiger partial charge in [0, 0.05) is 24.9 Å². The first-order valence-electron chi connectivity index (χ1n) is 6.45. The molecule has 0 heterocycles. The second kappa shape index (κ2) is 5.91. The summed E-state index contributed by atoms with van der Waals surface area (Å²) in [5.41, 5.74) is 2.23. The summed E-state index contributed by atoms with van der Waals surface area (Å²) < 4.78 is 0. The molecule has 1 N–H and O–H groups in total. The van der Waals surface area contributed by atoms with E-state index in [0.717, 1.165) is 17.3 Å². The summed E-state index contributed by atoms with van der Waals surface area (Å²) in [5, 5.41) is 8.58. The van der Waals surface area contributed by atoms with Crippen LogP contribution < -0.4 is 4.90 Å². The van der Waals surface area contributed by atoms with Crippen LogP contribution in [0.25, 0.3) is 6.08 Å². The first kappa shape index (κ1) is 15.3. The van der Waals surface area contributed by atoms with E-state index >= 15 is 0 Å². The molecule has 1 aromatic carbocycles. The number of rotatable bonds is 4. The second-order valence-corrected chi connectivity index (χ2v) is 5.92. The predicted octanol–water partition coefficient (Wildman–Crippen LogP) is 3.66. The van der Waals surface area contributed by atoms with Crippen molar-refractivity contribution in [3.05, 3.63) is 35.9 Å². The standard InChI is InChI=1S/C16H23NO2/c1-12(16(2,3)4)17(5)14-9-6-13(7-10-14)8-11-15(18)19/h6-12H,1-5H3,(H,18,19). The quantitative estimate of drug-likeness (QED) is 0.841. The van der Waals surface area contributed by atoms with E-state index in [1.54, 1.807) is 6.08 Å². The van der Waals surface area contributed by atoms with E-state index in [2.05, 4.69) is 39.6 Å². The zero-order valence-electron chi connectivity index (χ0n) is 12.3. The Hall–Kier alpha value is -1.77. The maximum Gasteiger partial charge on any atom is 0.328 e. The summed E-state index contributed by atoms with van der Waals surface area (Å²) in [4.78, 5) is 12.7. The van der Waals surface area contributed by atoms with Crippen LogP contribution >= 0.6 is 0 Å². The fourth-order valence-electron chi connectivity index (χ4n) is 1.79. The topological polar surface area (TPSA) is 40.5 Å². The molecule has 1 aromatic rings. The Morgan fingerprint density at radius 2 is 1.79 bits per heavy atom. The third kappa shape index (κ3) is 4.43. The van der Waals surface area contributed by atoms with Crippen molar-refractivity contribution >= 4 is 17.7 Å². The van der Waals surface area contributed by atoms with Crippen molar-refractivity contribution < 1.29 is 9.90 Å². The molecule has 0 bridgehead atoms. The first-order valence-corrected chi connectivity index (χ1v) is 6.45. The van der Waals surface area contributed by atoms with Gasteiger partial charge in [0.25, 0.3) is 0 Å². The lowest BCUT2D eigenvalue weighted by Crippen LogP contribution is -2.39. The van der Waals surface area contributed by atoms with Crippen LogP contribution in [0.5, 0.6) is 0 Å². The minimum absolute atomic E-state index is 0.205. The van der Waals surface area contributed by atoms with Gasteiger partial charge in [-0.2, -0.15) is 0 Å². The Morgan fingerprint density at radius 1 is 1.26 bits per heavy atom. The molecule has 1 rings (SSSR count). The van der Waals surface area contributed by atoms with Gasteiger partial charge in [-0.15, -0.1) is 0 Å². The fourth-order valence-corrected chi connectivity index (χ4v) is 1.79. The van der Waals surface area contributed by atoms with Gasteiger partial charge in [0.05, 0.1) is 0 Å². The lowest BCUT2D eigenvalue weighted by Gasteiger charge is -2.37. The Bertz CT molecular complexity index is 455. The van der Waals surface area contributed by atoms with E-state index in [-0.39, 0.29) is 5.41 Å². The monoisotopic (exact) mass is 261 g/mol. The van der Waals surface area contributed by atoms with Gasteiger partial charge in [-0.3, -0.25) is 0 Å². The molecule has 0 aliphatic heterocycles. The van der Waals surface area contributed by atoms with Crippen LogP contribution in [0.2, 0.25) is 0 Å². The van der Waals surface area contributed by atoms with Gasteiger partial charge in [-0.05, 0) is 36.1 Å². The molecule has 0 aromatic heterocycles. The van der Waals surface area contributed by atoms with E-state index in [1.165, 1.54) is 0 Å². The van der Waals surface area contributed by atoms with Crippen molar-refractivity contribution in [2.75, 3.05) is 11.9 Å². The molecule has 0 saturated heterocycles. The number of carboxylic acids is 1. The molecule has 0 radical (unpaired) electrons. The van der Waals surface area contributed by atoms with Crippen molar-refractivity contribution in [3.8, 4) is 0 Å². The lowest BCUT2D eigenvalue weighted by atomic mass is 9.87. The van der Waals surface area contributed by atoms with Crippen molar-refractivity contribution in [2.45, 2.75) is 33.7 Å². The molecule has 1 atom stereocenters. The zero-order chi connectivity index (χ0) is 14.6. The predicted molar refractivity (Wildman–Crippen MR) is 80.4 cm³/mol. The molecular formula is C16H23NO2. The SMILES string of the molecule is CC(N(C)c1ccc(C=CC(=O)O)cc1)C(C)(C)C. The van der Waals surface area contributed by atoms with Crippen LogP contribution in [-0.4, -0.2) is 24.2 Å². The largest absolute Gasteiger partial charge is 0.478 e. The molecule has 0 aliphatic carbocycles. The highest BCUT2D eigenvalue weighted by molar-refractivity contribution is 5.85. The summed E-state index contributed by atoms with van der Waals surface area (Å²) in [6, 6.07) is 8.31. The number of carboxylic acid groups (broad SMARTS) is 1. The minimum atomic E-state index is -0.928. The molecule has 3 nitrogen and oxygen atoms in total. The number of aliphatic carboxylic acids is 1. The summed E-state index contributed by atoms with van der Waals surface area (Å²) in [7, 11) is 2.08. The number of carbonyl (C=O) groups is 1. The van der Waals surface area contributed by atoms with Crippen molar-refractivity contribution in [1.29, 1.82) is 0 Å².